The zero-order valence-corrected chi connectivity index (χ0v) is 14.7. The molecule has 1 saturated heterocycles. The Morgan fingerprint density at radius 1 is 1.07 bits per heavy atom. The summed E-state index contributed by atoms with van der Waals surface area (Å²) in [4.78, 5) is 38.7. The topological polar surface area (TPSA) is 94.4 Å². The van der Waals surface area contributed by atoms with E-state index in [1.54, 1.807) is 54.6 Å². The van der Waals surface area contributed by atoms with Crippen LogP contribution in [0.5, 0.6) is 0 Å². The van der Waals surface area contributed by atoms with Gasteiger partial charge in [0, 0.05) is 10.7 Å². The number of para-hydroxylation sites is 1. The normalized spacial score (nSPS) is 20.9. The van der Waals surface area contributed by atoms with Gasteiger partial charge in [-0.15, -0.1) is 0 Å². The van der Waals surface area contributed by atoms with Crippen LogP contribution in [0.1, 0.15) is 0 Å². The molecule has 2 aliphatic heterocycles. The number of nitrogens with zero attached hydrogens (tertiary/aromatic N) is 4. The molecule has 1 fully saturated rings. The number of hydrogen-bond donors (Lipinski definition) is 1. The van der Waals surface area contributed by atoms with Crippen molar-refractivity contribution in [2.45, 2.75) is 12.1 Å². The zero-order chi connectivity index (χ0) is 19.0. The molecule has 2 aliphatic rings. The van der Waals surface area contributed by atoms with Crippen LogP contribution in [0.2, 0.25) is 5.02 Å². The van der Waals surface area contributed by atoms with E-state index < -0.39 is 29.8 Å². The van der Waals surface area contributed by atoms with E-state index in [2.05, 4.69) is 15.7 Å². The Labute approximate surface area is 159 Å². The van der Waals surface area contributed by atoms with Crippen molar-refractivity contribution in [3.63, 3.8) is 0 Å². The predicted molar refractivity (Wildman–Crippen MR) is 98.2 cm³/mol. The Hall–Kier alpha value is -3.26. The molecule has 1 N–H and O–H groups in total. The molecular formula is C18H14ClN5O3. The summed E-state index contributed by atoms with van der Waals surface area (Å²) in [7, 11) is 0. The molecular weight excluding hydrogens is 370 g/mol. The molecule has 0 aromatic heterocycles. The number of benzene rings is 2. The average Bonchev–Trinajstić information content (AvgIpc) is 3.16. The lowest BCUT2D eigenvalue weighted by molar-refractivity contribution is -0.123. The minimum absolute atomic E-state index is 0.209. The maximum atomic E-state index is 12.8. The quantitative estimate of drug-likeness (QED) is 0.819. The number of anilines is 2. The number of halogens is 1. The van der Waals surface area contributed by atoms with Crippen molar-refractivity contribution in [3.8, 4) is 0 Å². The molecule has 2 atom stereocenters. The van der Waals surface area contributed by atoms with Crippen molar-refractivity contribution in [1.82, 2.24) is 5.01 Å². The smallest absolute Gasteiger partial charge is 0.263 e. The van der Waals surface area contributed by atoms with Crippen LogP contribution in [0.3, 0.4) is 0 Å². The zero-order valence-electron chi connectivity index (χ0n) is 13.9. The molecule has 0 radical (unpaired) electrons. The highest BCUT2D eigenvalue weighted by Crippen LogP contribution is 2.31. The molecule has 0 spiro atoms. The second-order valence-electron chi connectivity index (χ2n) is 6.10. The first-order valence-electron chi connectivity index (χ1n) is 8.20. The van der Waals surface area contributed by atoms with Gasteiger partial charge >= 0.3 is 0 Å². The number of imide groups is 1. The minimum atomic E-state index is -0.934. The van der Waals surface area contributed by atoms with Crippen LogP contribution in [0.25, 0.3) is 0 Å². The van der Waals surface area contributed by atoms with Gasteiger partial charge in [-0.2, -0.15) is 5.11 Å². The Morgan fingerprint density at radius 2 is 1.85 bits per heavy atom. The summed E-state index contributed by atoms with van der Waals surface area (Å²) in [5.74, 6) is -1.29. The Morgan fingerprint density at radius 3 is 2.59 bits per heavy atom. The van der Waals surface area contributed by atoms with Gasteiger partial charge in [-0.05, 0) is 30.3 Å². The Bertz CT molecular complexity index is 949. The SMILES string of the molecule is O=C(CN1N=NC2C(=O)N(c3ccccc3)C(=O)C21)Nc1cccc(Cl)c1. The van der Waals surface area contributed by atoms with Gasteiger partial charge in [0.1, 0.15) is 6.54 Å². The summed E-state index contributed by atoms with van der Waals surface area (Å²) in [5, 5.41) is 12.2. The largest absolute Gasteiger partial charge is 0.324 e. The molecule has 2 heterocycles. The van der Waals surface area contributed by atoms with Gasteiger partial charge in [0.2, 0.25) is 5.91 Å². The first-order valence-corrected chi connectivity index (χ1v) is 8.58. The van der Waals surface area contributed by atoms with Gasteiger partial charge in [0.15, 0.2) is 12.1 Å². The maximum absolute atomic E-state index is 12.8. The monoisotopic (exact) mass is 383 g/mol. The standard InChI is InChI=1S/C18H14ClN5O3/c19-11-5-4-6-12(9-11)20-14(25)10-23-16-15(21-22-23)17(26)24(18(16)27)13-7-2-1-3-8-13/h1-9,15-16H,10H2,(H,20,25). The van der Waals surface area contributed by atoms with Crippen LogP contribution < -0.4 is 10.2 Å². The number of nitrogens with one attached hydrogen (secondary N) is 1. The Kier molecular flexibility index (Phi) is 4.33. The predicted octanol–water partition coefficient (Wildman–Crippen LogP) is 2.27. The third-order valence-electron chi connectivity index (χ3n) is 4.29. The van der Waals surface area contributed by atoms with E-state index in [4.69, 9.17) is 11.6 Å². The molecule has 0 bridgehead atoms. The Balaban J connectivity index is 1.48. The van der Waals surface area contributed by atoms with Crippen LogP contribution in [-0.4, -0.2) is 41.4 Å². The first-order chi connectivity index (χ1) is 13.0. The lowest BCUT2D eigenvalue weighted by Crippen LogP contribution is -2.43. The van der Waals surface area contributed by atoms with E-state index in [9.17, 15) is 14.4 Å². The molecule has 27 heavy (non-hydrogen) atoms. The van der Waals surface area contributed by atoms with Crippen molar-refractivity contribution in [2.75, 3.05) is 16.8 Å². The third-order valence-corrected chi connectivity index (χ3v) is 4.52. The molecule has 8 nitrogen and oxygen atoms in total. The fourth-order valence-electron chi connectivity index (χ4n) is 3.10. The van der Waals surface area contributed by atoms with Gasteiger partial charge in [-0.25, -0.2) is 4.90 Å². The first kappa shape index (κ1) is 17.2. The van der Waals surface area contributed by atoms with Gasteiger partial charge in [0.25, 0.3) is 11.8 Å². The summed E-state index contributed by atoms with van der Waals surface area (Å²) >= 11 is 5.90. The van der Waals surface area contributed by atoms with E-state index in [0.717, 1.165) is 4.90 Å². The molecule has 9 heteroatoms. The molecule has 3 amide bonds. The van der Waals surface area contributed by atoms with Crippen molar-refractivity contribution in [3.05, 3.63) is 59.6 Å². The molecule has 0 saturated carbocycles. The highest BCUT2D eigenvalue weighted by Gasteiger charge is 2.55. The van der Waals surface area contributed by atoms with Crippen LogP contribution >= 0.6 is 11.6 Å². The number of carbonyl (C=O) groups is 3. The van der Waals surface area contributed by atoms with Crippen LogP contribution in [0, 0.1) is 0 Å². The molecule has 2 aromatic rings. The number of fused-ring (bicyclic) bond motifs is 1. The van der Waals surface area contributed by atoms with E-state index in [1.165, 1.54) is 5.01 Å². The average molecular weight is 384 g/mol. The fourth-order valence-corrected chi connectivity index (χ4v) is 3.29. The number of hydrogen-bond acceptors (Lipinski definition) is 6. The van der Waals surface area contributed by atoms with Crippen LogP contribution in [0.15, 0.2) is 64.9 Å². The fraction of sp³-hybridized carbons (Fsp3) is 0.167. The van der Waals surface area contributed by atoms with Crippen molar-refractivity contribution in [1.29, 1.82) is 0 Å². The highest BCUT2D eigenvalue weighted by atomic mass is 35.5. The second kappa shape index (κ2) is 6.81. The molecule has 2 aromatic carbocycles. The van der Waals surface area contributed by atoms with Gasteiger partial charge in [-0.3, -0.25) is 19.4 Å². The molecule has 4 rings (SSSR count). The van der Waals surface area contributed by atoms with E-state index in [0.29, 0.717) is 16.4 Å². The van der Waals surface area contributed by atoms with Gasteiger partial charge in [0.05, 0.1) is 5.69 Å². The molecule has 2 unspecified atom stereocenters. The summed E-state index contributed by atoms with van der Waals surface area (Å²) < 4.78 is 0. The third kappa shape index (κ3) is 3.15. The van der Waals surface area contributed by atoms with Crippen LogP contribution in [-0.2, 0) is 14.4 Å². The molecule has 136 valence electrons. The van der Waals surface area contributed by atoms with Crippen molar-refractivity contribution < 1.29 is 14.4 Å². The van der Waals surface area contributed by atoms with Gasteiger partial charge < -0.3 is 5.32 Å². The highest BCUT2D eigenvalue weighted by molar-refractivity contribution is 6.31. The second-order valence-corrected chi connectivity index (χ2v) is 6.53. The van der Waals surface area contributed by atoms with E-state index in [1.807, 2.05) is 0 Å². The van der Waals surface area contributed by atoms with E-state index in [-0.39, 0.29) is 6.54 Å². The van der Waals surface area contributed by atoms with Crippen LogP contribution in [0.4, 0.5) is 11.4 Å². The van der Waals surface area contributed by atoms with Crippen molar-refractivity contribution in [2.24, 2.45) is 10.3 Å². The van der Waals surface area contributed by atoms with Crippen molar-refractivity contribution >= 4 is 40.7 Å². The summed E-state index contributed by atoms with van der Waals surface area (Å²) in [6.07, 6.45) is 0. The summed E-state index contributed by atoms with van der Waals surface area (Å²) in [5.41, 5.74) is 1.00. The maximum Gasteiger partial charge on any atom is 0.263 e. The lowest BCUT2D eigenvalue weighted by Gasteiger charge is -2.20. The summed E-state index contributed by atoms with van der Waals surface area (Å²) in [6, 6.07) is 13.5. The van der Waals surface area contributed by atoms with Gasteiger partial charge in [-0.1, -0.05) is 41.1 Å². The summed E-state index contributed by atoms with van der Waals surface area (Å²) in [6.45, 7) is -0.209. The minimum Gasteiger partial charge on any atom is -0.324 e. The van der Waals surface area contributed by atoms with E-state index >= 15 is 0 Å². The molecule has 0 aliphatic carbocycles. The number of amides is 3. The number of carbonyl (C=O) groups excluding carboxylic acids is 3. The number of rotatable bonds is 4. The lowest BCUT2D eigenvalue weighted by atomic mass is 10.1.